The van der Waals surface area contributed by atoms with Gasteiger partial charge < -0.3 is 11.2 Å². The first-order valence-electron chi connectivity index (χ1n) is 0. The van der Waals surface area contributed by atoms with E-state index in [0.717, 1.165) is 0 Å². The Kier molecular flexibility index (Phi) is 152. The van der Waals surface area contributed by atoms with Crippen molar-refractivity contribution in [1.82, 2.24) is 0 Å². The molecular formula is H8CaMgOS. The van der Waals surface area contributed by atoms with E-state index >= 15 is 0 Å². The van der Waals surface area contributed by atoms with Crippen molar-refractivity contribution in [3.05, 3.63) is 0 Å². The van der Waals surface area contributed by atoms with Gasteiger partial charge in [0.15, 0.2) is 0 Å². The van der Waals surface area contributed by atoms with E-state index in [0.29, 0.717) is 0 Å². The van der Waals surface area contributed by atoms with Crippen molar-refractivity contribution in [3.63, 3.8) is 0 Å². The van der Waals surface area contributed by atoms with Crippen LogP contribution >= 0.6 is 13.5 Å². The van der Waals surface area contributed by atoms with Gasteiger partial charge in [-0.3, -0.25) is 0 Å². The summed E-state index contributed by atoms with van der Waals surface area (Å²) in [4.78, 5) is 0. The summed E-state index contributed by atoms with van der Waals surface area (Å²) in [7, 11) is 0. The summed E-state index contributed by atoms with van der Waals surface area (Å²) in [5.74, 6) is 0. The van der Waals surface area contributed by atoms with Crippen LogP contribution < -0.4 is 0 Å². The summed E-state index contributed by atoms with van der Waals surface area (Å²) in [6.07, 6.45) is 0. The third kappa shape index (κ3) is 8.84. The molecule has 24 valence electrons. The fourth-order valence-corrected chi connectivity index (χ4v) is 0. The minimum atomic E-state index is 0. The Morgan fingerprint density at radius 2 is 1.25 bits per heavy atom. The van der Waals surface area contributed by atoms with Crippen LogP contribution in [-0.4, -0.2) is 66.3 Å². The minimum Gasteiger partial charge on any atom is -1.00 e. The van der Waals surface area contributed by atoms with E-state index < -0.39 is 0 Å². The Balaban J connectivity index is 0. The zero-order chi connectivity index (χ0) is 0. The normalized spacial score (nSPS) is 0. The molecule has 0 spiro atoms. The molecule has 0 bridgehead atoms. The molecule has 4 heteroatoms. The van der Waals surface area contributed by atoms with Crippen molar-refractivity contribution in [2.45, 2.75) is 0 Å². The molecule has 0 aromatic heterocycles. The predicted octanol–water partition coefficient (Wildman–Crippen LogP) is -1.02. The molecule has 0 saturated carbocycles. The fourth-order valence-electron chi connectivity index (χ4n) is 0. The molecule has 0 saturated heterocycles. The second-order valence-corrected chi connectivity index (χ2v) is 0. The van der Waals surface area contributed by atoms with Crippen molar-refractivity contribution in [2.75, 3.05) is 0 Å². The average molecular weight is 121 g/mol. The molecule has 0 aromatic rings. The third-order valence-electron chi connectivity index (χ3n) is 0. The van der Waals surface area contributed by atoms with E-state index in [4.69, 9.17) is 0 Å². The first-order chi connectivity index (χ1) is 0. The summed E-state index contributed by atoms with van der Waals surface area (Å²) in [5.41, 5.74) is 0. The summed E-state index contributed by atoms with van der Waals surface area (Å²) < 4.78 is 0. The van der Waals surface area contributed by atoms with Crippen LogP contribution in [-0.2, 0) is 0 Å². The molecule has 0 radical (unpaired) electrons. The maximum Gasteiger partial charge on any atom is 2.00 e. The maximum absolute atomic E-state index is 0. The zero-order valence-corrected chi connectivity index (χ0v) is 7.04. The summed E-state index contributed by atoms with van der Waals surface area (Å²) >= 11 is 0. The van der Waals surface area contributed by atoms with Crippen LogP contribution in [0.4, 0.5) is 0 Å². The monoisotopic (exact) mass is 120 g/mol. The molecule has 0 rings (SSSR count). The van der Waals surface area contributed by atoms with Gasteiger partial charge >= 0.3 is 60.8 Å². The smallest absolute Gasteiger partial charge is 1.00 e. The molecule has 0 atom stereocenters. The Labute approximate surface area is 84.4 Å². The SMILES string of the molecule is O.S.[Ca+2].[H-].[H-].[H-].[H-].[Mg+2]. The summed E-state index contributed by atoms with van der Waals surface area (Å²) in [6.45, 7) is 0. The van der Waals surface area contributed by atoms with E-state index in [2.05, 4.69) is 0 Å². The molecule has 4 heavy (non-hydrogen) atoms. The fraction of sp³-hybridized carbons (Fsp3) is 0. The van der Waals surface area contributed by atoms with E-state index in [9.17, 15) is 0 Å². The van der Waals surface area contributed by atoms with Crippen molar-refractivity contribution in [2.24, 2.45) is 0 Å². The van der Waals surface area contributed by atoms with E-state index in [1.165, 1.54) is 0 Å². The van der Waals surface area contributed by atoms with Gasteiger partial charge in [0.25, 0.3) is 0 Å². The summed E-state index contributed by atoms with van der Waals surface area (Å²) in [6, 6.07) is 0. The van der Waals surface area contributed by atoms with Crippen LogP contribution in [0.25, 0.3) is 0 Å². The van der Waals surface area contributed by atoms with Crippen LogP contribution in [0.2, 0.25) is 0 Å². The third-order valence-corrected chi connectivity index (χ3v) is 0. The zero-order valence-electron chi connectivity index (χ0n) is 6.41. The summed E-state index contributed by atoms with van der Waals surface area (Å²) in [5, 5.41) is 0. The Morgan fingerprint density at radius 1 is 1.25 bits per heavy atom. The van der Waals surface area contributed by atoms with Gasteiger partial charge in [-0.25, -0.2) is 0 Å². The maximum atomic E-state index is 0. The van der Waals surface area contributed by atoms with E-state index in [1.807, 2.05) is 0 Å². The molecule has 0 aliphatic carbocycles. The van der Waals surface area contributed by atoms with Gasteiger partial charge in [-0.1, -0.05) is 0 Å². The van der Waals surface area contributed by atoms with Gasteiger partial charge in [-0.05, 0) is 0 Å². The number of hydrogen-bond donors (Lipinski definition) is 0. The molecular weight excluding hydrogens is 112 g/mol. The predicted molar refractivity (Wildman–Crippen MR) is 30.0 cm³/mol. The molecule has 0 unspecified atom stereocenters. The minimum absolute atomic E-state index is 0. The van der Waals surface area contributed by atoms with Crippen molar-refractivity contribution in [3.8, 4) is 0 Å². The van der Waals surface area contributed by atoms with Gasteiger partial charge in [0, 0.05) is 0 Å². The van der Waals surface area contributed by atoms with Crippen LogP contribution in [0.1, 0.15) is 5.71 Å². The standard InChI is InChI=1S/Ca.Mg.H2O.H2S.4H/h;;2*1H2;;;;/q2*+2;;;4*-1. The van der Waals surface area contributed by atoms with Gasteiger partial charge in [0.05, 0.1) is 0 Å². The quantitative estimate of drug-likeness (QED) is 0.367. The molecule has 0 heterocycles. The van der Waals surface area contributed by atoms with Gasteiger partial charge in [0.2, 0.25) is 0 Å². The van der Waals surface area contributed by atoms with Crippen LogP contribution in [0.5, 0.6) is 0 Å². The van der Waals surface area contributed by atoms with Crippen molar-refractivity contribution < 1.29 is 11.2 Å². The van der Waals surface area contributed by atoms with Gasteiger partial charge in [-0.15, -0.1) is 0 Å². The Morgan fingerprint density at radius 3 is 1.25 bits per heavy atom. The largest absolute Gasteiger partial charge is 2.00 e. The molecule has 2 N–H and O–H groups in total. The molecule has 0 amide bonds. The second-order valence-electron chi connectivity index (χ2n) is 0. The van der Waals surface area contributed by atoms with Crippen molar-refractivity contribution >= 4 is 74.3 Å². The first-order valence-corrected chi connectivity index (χ1v) is 0. The van der Waals surface area contributed by atoms with Crippen LogP contribution in [0, 0.1) is 0 Å². The van der Waals surface area contributed by atoms with Gasteiger partial charge in [0.1, 0.15) is 0 Å². The molecule has 0 aliphatic heterocycles. The van der Waals surface area contributed by atoms with E-state index in [1.54, 1.807) is 0 Å². The molecule has 0 fully saturated rings. The van der Waals surface area contributed by atoms with Crippen LogP contribution in [0.15, 0.2) is 0 Å². The topological polar surface area (TPSA) is 31.5 Å². The second kappa shape index (κ2) is 18.4. The van der Waals surface area contributed by atoms with Crippen molar-refractivity contribution in [1.29, 1.82) is 0 Å². The Hall–Kier alpha value is 2.34. The molecule has 1 nitrogen and oxygen atoms in total. The molecule has 0 aliphatic rings. The molecule has 0 aromatic carbocycles. The van der Waals surface area contributed by atoms with Gasteiger partial charge in [-0.2, -0.15) is 13.5 Å². The Bertz CT molecular complexity index is 16.0. The number of rotatable bonds is 0. The average Bonchev–Trinajstić information content (AvgIpc) is 0. The van der Waals surface area contributed by atoms with Crippen LogP contribution in [0.3, 0.4) is 0 Å². The number of hydrogen-bond acceptors (Lipinski definition) is 0. The van der Waals surface area contributed by atoms with E-state index in [-0.39, 0.29) is 85.5 Å². The first kappa shape index (κ1) is 33.1.